The van der Waals surface area contributed by atoms with Crippen LogP contribution in [0.3, 0.4) is 0 Å². The maximum atomic E-state index is 2.44. The summed E-state index contributed by atoms with van der Waals surface area (Å²) in [6, 6.07) is 12.3. The Kier molecular flexibility index (Phi) is 2.25. The standard InChI is InChI=1S/C14H18N2/c1-15(2)12-9-13(10-12)16-8-7-11-5-3-4-6-14(11)16/h3-8,12-13H,9-10H2,1-2H3. The van der Waals surface area contributed by atoms with Gasteiger partial charge in [-0.3, -0.25) is 0 Å². The van der Waals surface area contributed by atoms with Crippen LogP contribution in [0.5, 0.6) is 0 Å². The molecule has 0 bridgehead atoms. The zero-order valence-electron chi connectivity index (χ0n) is 9.93. The molecule has 0 saturated heterocycles. The Bertz CT molecular complexity index is 492. The zero-order valence-corrected chi connectivity index (χ0v) is 9.93. The molecule has 0 spiro atoms. The first-order chi connectivity index (χ1) is 7.75. The molecule has 1 aliphatic carbocycles. The molecule has 3 rings (SSSR count). The van der Waals surface area contributed by atoms with Crippen LogP contribution in [0.4, 0.5) is 0 Å². The van der Waals surface area contributed by atoms with Crippen LogP contribution in [-0.4, -0.2) is 29.6 Å². The lowest BCUT2D eigenvalue weighted by Crippen LogP contribution is -2.41. The minimum Gasteiger partial charge on any atom is -0.344 e. The second-order valence-corrected chi connectivity index (χ2v) is 5.02. The molecule has 2 heteroatoms. The van der Waals surface area contributed by atoms with E-state index in [1.54, 1.807) is 0 Å². The summed E-state index contributed by atoms with van der Waals surface area (Å²) < 4.78 is 2.44. The van der Waals surface area contributed by atoms with Crippen LogP contribution in [0.25, 0.3) is 10.9 Å². The lowest BCUT2D eigenvalue weighted by molar-refractivity contribution is 0.132. The van der Waals surface area contributed by atoms with Crippen molar-refractivity contribution in [2.24, 2.45) is 0 Å². The molecule has 0 unspecified atom stereocenters. The molecule has 1 aromatic heterocycles. The van der Waals surface area contributed by atoms with Crippen molar-refractivity contribution in [3.8, 4) is 0 Å². The molecule has 1 aromatic carbocycles. The maximum absolute atomic E-state index is 2.44. The first kappa shape index (κ1) is 9.91. The lowest BCUT2D eigenvalue weighted by Gasteiger charge is -2.40. The molecule has 2 nitrogen and oxygen atoms in total. The number of para-hydroxylation sites is 1. The van der Waals surface area contributed by atoms with E-state index in [-0.39, 0.29) is 0 Å². The summed E-state index contributed by atoms with van der Waals surface area (Å²) in [5, 5.41) is 1.36. The van der Waals surface area contributed by atoms with E-state index < -0.39 is 0 Å². The average molecular weight is 214 g/mol. The number of rotatable bonds is 2. The van der Waals surface area contributed by atoms with Gasteiger partial charge in [-0.15, -0.1) is 0 Å². The highest BCUT2D eigenvalue weighted by atomic mass is 15.1. The van der Waals surface area contributed by atoms with Crippen LogP contribution in [0.15, 0.2) is 36.5 Å². The van der Waals surface area contributed by atoms with Crippen LogP contribution in [0, 0.1) is 0 Å². The Balaban J connectivity index is 1.86. The van der Waals surface area contributed by atoms with E-state index in [9.17, 15) is 0 Å². The van der Waals surface area contributed by atoms with Gasteiger partial charge in [-0.1, -0.05) is 18.2 Å². The number of aromatic nitrogens is 1. The third-order valence-corrected chi connectivity index (χ3v) is 3.84. The molecular formula is C14H18N2. The van der Waals surface area contributed by atoms with Crippen LogP contribution in [-0.2, 0) is 0 Å². The van der Waals surface area contributed by atoms with E-state index in [0.29, 0.717) is 6.04 Å². The van der Waals surface area contributed by atoms with Crippen molar-refractivity contribution >= 4 is 10.9 Å². The van der Waals surface area contributed by atoms with Gasteiger partial charge in [0.1, 0.15) is 0 Å². The third-order valence-electron chi connectivity index (χ3n) is 3.84. The van der Waals surface area contributed by atoms with Gasteiger partial charge < -0.3 is 9.47 Å². The molecule has 0 N–H and O–H groups in total. The molecule has 1 aliphatic rings. The summed E-state index contributed by atoms with van der Waals surface area (Å²) in [6.07, 6.45) is 4.80. The topological polar surface area (TPSA) is 8.17 Å². The largest absolute Gasteiger partial charge is 0.344 e. The first-order valence-electron chi connectivity index (χ1n) is 5.97. The second kappa shape index (κ2) is 3.63. The summed E-state index contributed by atoms with van der Waals surface area (Å²) in [7, 11) is 4.35. The fourth-order valence-electron chi connectivity index (χ4n) is 2.63. The smallest absolute Gasteiger partial charge is 0.0482 e. The van der Waals surface area contributed by atoms with E-state index in [1.165, 1.54) is 23.7 Å². The van der Waals surface area contributed by atoms with Crippen molar-refractivity contribution in [1.82, 2.24) is 9.47 Å². The van der Waals surface area contributed by atoms with Gasteiger partial charge in [-0.25, -0.2) is 0 Å². The van der Waals surface area contributed by atoms with Crippen molar-refractivity contribution < 1.29 is 0 Å². The van der Waals surface area contributed by atoms with Crippen molar-refractivity contribution in [2.45, 2.75) is 24.9 Å². The van der Waals surface area contributed by atoms with Gasteiger partial charge in [-0.2, -0.15) is 0 Å². The van der Waals surface area contributed by atoms with Crippen molar-refractivity contribution in [2.75, 3.05) is 14.1 Å². The number of hydrogen-bond donors (Lipinski definition) is 0. The Morgan fingerprint density at radius 1 is 1.12 bits per heavy atom. The van der Waals surface area contributed by atoms with E-state index in [4.69, 9.17) is 0 Å². The highest BCUT2D eigenvalue weighted by molar-refractivity contribution is 5.80. The Hall–Kier alpha value is -1.28. The van der Waals surface area contributed by atoms with Crippen LogP contribution >= 0.6 is 0 Å². The summed E-state index contributed by atoms with van der Waals surface area (Å²) >= 11 is 0. The Morgan fingerprint density at radius 3 is 2.62 bits per heavy atom. The molecule has 1 heterocycles. The minimum atomic E-state index is 0.701. The van der Waals surface area contributed by atoms with Crippen LogP contribution in [0.2, 0.25) is 0 Å². The van der Waals surface area contributed by atoms with Crippen LogP contribution < -0.4 is 0 Å². The van der Waals surface area contributed by atoms with Crippen molar-refractivity contribution in [3.63, 3.8) is 0 Å². The highest BCUT2D eigenvalue weighted by Crippen LogP contribution is 2.37. The Morgan fingerprint density at radius 2 is 1.88 bits per heavy atom. The summed E-state index contributed by atoms with van der Waals surface area (Å²) in [4.78, 5) is 2.34. The van der Waals surface area contributed by atoms with E-state index >= 15 is 0 Å². The van der Waals surface area contributed by atoms with Crippen LogP contribution in [0.1, 0.15) is 18.9 Å². The molecule has 2 aromatic rings. The summed E-state index contributed by atoms with van der Waals surface area (Å²) in [6.45, 7) is 0. The van der Waals surface area contributed by atoms with Gasteiger partial charge in [0, 0.05) is 23.8 Å². The first-order valence-corrected chi connectivity index (χ1v) is 5.97. The predicted molar refractivity (Wildman–Crippen MR) is 67.7 cm³/mol. The quantitative estimate of drug-likeness (QED) is 0.746. The number of fused-ring (bicyclic) bond motifs is 1. The molecule has 0 aliphatic heterocycles. The van der Waals surface area contributed by atoms with Crippen molar-refractivity contribution in [3.05, 3.63) is 36.5 Å². The fraction of sp³-hybridized carbons (Fsp3) is 0.429. The minimum absolute atomic E-state index is 0.701. The number of nitrogens with zero attached hydrogens (tertiary/aromatic N) is 2. The third kappa shape index (κ3) is 1.45. The predicted octanol–water partition coefficient (Wildman–Crippen LogP) is 2.91. The van der Waals surface area contributed by atoms with Gasteiger partial charge in [-0.05, 0) is 44.5 Å². The van der Waals surface area contributed by atoms with E-state index in [0.717, 1.165) is 6.04 Å². The van der Waals surface area contributed by atoms with Gasteiger partial charge >= 0.3 is 0 Å². The Labute approximate surface area is 96.5 Å². The monoisotopic (exact) mass is 214 g/mol. The highest BCUT2D eigenvalue weighted by Gasteiger charge is 2.31. The lowest BCUT2D eigenvalue weighted by atomic mass is 9.85. The zero-order chi connectivity index (χ0) is 11.1. The van der Waals surface area contributed by atoms with E-state index in [2.05, 4.69) is 60.1 Å². The summed E-state index contributed by atoms with van der Waals surface area (Å²) in [5.41, 5.74) is 1.38. The molecule has 1 saturated carbocycles. The molecule has 16 heavy (non-hydrogen) atoms. The molecule has 0 atom stereocenters. The number of benzene rings is 1. The molecular weight excluding hydrogens is 196 g/mol. The SMILES string of the molecule is CN(C)C1CC(n2ccc3ccccc32)C1. The second-order valence-electron chi connectivity index (χ2n) is 5.02. The van der Waals surface area contributed by atoms with Gasteiger partial charge in [0.2, 0.25) is 0 Å². The van der Waals surface area contributed by atoms with Crippen molar-refractivity contribution in [1.29, 1.82) is 0 Å². The van der Waals surface area contributed by atoms with Gasteiger partial charge in [0.25, 0.3) is 0 Å². The molecule has 0 amide bonds. The average Bonchev–Trinajstić information content (AvgIpc) is 2.60. The van der Waals surface area contributed by atoms with Gasteiger partial charge in [0.05, 0.1) is 0 Å². The number of hydrogen-bond acceptors (Lipinski definition) is 1. The molecule has 1 fully saturated rings. The summed E-state index contributed by atoms with van der Waals surface area (Å²) in [5.74, 6) is 0. The maximum Gasteiger partial charge on any atom is 0.0482 e. The van der Waals surface area contributed by atoms with Gasteiger partial charge in [0.15, 0.2) is 0 Å². The molecule has 84 valence electrons. The normalized spacial score (nSPS) is 24.9. The molecule has 0 radical (unpaired) electrons. The fourth-order valence-corrected chi connectivity index (χ4v) is 2.63. The van der Waals surface area contributed by atoms with E-state index in [1.807, 2.05) is 0 Å².